The molecule has 0 radical (unpaired) electrons. The van der Waals surface area contributed by atoms with Gasteiger partial charge in [-0.25, -0.2) is 0 Å². The third-order valence-corrected chi connectivity index (χ3v) is 2.88. The van der Waals surface area contributed by atoms with E-state index < -0.39 is 0 Å². The molecule has 0 amide bonds. The van der Waals surface area contributed by atoms with Gasteiger partial charge in [0.05, 0.1) is 15.7 Å². The lowest BCUT2D eigenvalue weighted by Gasteiger charge is -2.02. The zero-order valence-electron chi connectivity index (χ0n) is 8.15. The van der Waals surface area contributed by atoms with Crippen LogP contribution in [0, 0.1) is 0 Å². The summed E-state index contributed by atoms with van der Waals surface area (Å²) in [6.45, 7) is 0. The Balaban J connectivity index is 2.42. The highest BCUT2D eigenvalue weighted by Crippen LogP contribution is 2.27. The summed E-state index contributed by atoms with van der Waals surface area (Å²) in [7, 11) is 0. The Morgan fingerprint density at radius 3 is 2.44 bits per heavy atom. The molecule has 0 aliphatic rings. The van der Waals surface area contributed by atoms with Crippen LogP contribution in [0.2, 0.25) is 10.0 Å². The monoisotopic (exact) mass is 251 g/mol. The molecule has 0 bridgehead atoms. The van der Waals surface area contributed by atoms with Gasteiger partial charge in [-0.3, -0.25) is 9.78 Å². The predicted octanol–water partition coefficient (Wildman–Crippen LogP) is 3.87. The number of carbonyl (C=O) groups excluding carboxylic acids is 1. The third-order valence-electron chi connectivity index (χ3n) is 2.14. The quantitative estimate of drug-likeness (QED) is 0.759. The van der Waals surface area contributed by atoms with Crippen LogP contribution in [0.25, 0.3) is 11.3 Å². The van der Waals surface area contributed by atoms with Crippen LogP contribution in [-0.4, -0.2) is 11.3 Å². The fourth-order valence-corrected chi connectivity index (χ4v) is 1.60. The van der Waals surface area contributed by atoms with Crippen LogP contribution in [0.3, 0.4) is 0 Å². The molecule has 0 aliphatic carbocycles. The summed E-state index contributed by atoms with van der Waals surface area (Å²) < 4.78 is 0. The van der Waals surface area contributed by atoms with Gasteiger partial charge in [0.1, 0.15) is 0 Å². The van der Waals surface area contributed by atoms with Crippen molar-refractivity contribution in [3.63, 3.8) is 0 Å². The van der Waals surface area contributed by atoms with Gasteiger partial charge in [0.15, 0.2) is 6.29 Å². The van der Waals surface area contributed by atoms with Crippen molar-refractivity contribution >= 4 is 29.5 Å². The van der Waals surface area contributed by atoms with Crippen molar-refractivity contribution in [2.75, 3.05) is 0 Å². The molecule has 4 heteroatoms. The summed E-state index contributed by atoms with van der Waals surface area (Å²) in [6.07, 6.45) is 2.27. The topological polar surface area (TPSA) is 30.0 Å². The molecule has 80 valence electrons. The van der Waals surface area contributed by atoms with Crippen LogP contribution < -0.4 is 0 Å². The molecule has 0 atom stereocenters. The van der Waals surface area contributed by atoms with E-state index in [4.69, 9.17) is 23.2 Å². The highest BCUT2D eigenvalue weighted by Gasteiger charge is 2.03. The molecule has 0 N–H and O–H groups in total. The minimum atomic E-state index is 0.487. The van der Waals surface area contributed by atoms with E-state index in [1.165, 1.54) is 6.20 Å². The smallest absolute Gasteiger partial charge is 0.151 e. The van der Waals surface area contributed by atoms with Crippen LogP contribution in [0.1, 0.15) is 10.4 Å². The summed E-state index contributed by atoms with van der Waals surface area (Å²) >= 11 is 11.7. The first-order valence-corrected chi connectivity index (χ1v) is 5.33. The molecule has 0 fully saturated rings. The highest BCUT2D eigenvalue weighted by molar-refractivity contribution is 6.42. The van der Waals surface area contributed by atoms with Gasteiger partial charge in [-0.1, -0.05) is 29.3 Å². The van der Waals surface area contributed by atoms with Crippen LogP contribution in [0.15, 0.2) is 36.5 Å². The first-order valence-electron chi connectivity index (χ1n) is 4.57. The number of hydrogen-bond donors (Lipinski definition) is 0. The first kappa shape index (κ1) is 11.1. The number of hydrogen-bond acceptors (Lipinski definition) is 2. The summed E-state index contributed by atoms with van der Waals surface area (Å²) in [5, 5.41) is 0.996. The molecule has 1 heterocycles. The Morgan fingerprint density at radius 2 is 1.88 bits per heavy atom. The molecule has 0 saturated carbocycles. The maximum absolute atomic E-state index is 10.5. The summed E-state index contributed by atoms with van der Waals surface area (Å²) in [4.78, 5) is 14.6. The molecule has 0 spiro atoms. The van der Waals surface area contributed by atoms with E-state index in [-0.39, 0.29) is 0 Å². The molecule has 2 aromatic rings. The number of pyridine rings is 1. The highest BCUT2D eigenvalue weighted by atomic mass is 35.5. The number of aromatic nitrogens is 1. The van der Waals surface area contributed by atoms with Crippen molar-refractivity contribution in [1.82, 2.24) is 4.98 Å². The lowest BCUT2D eigenvalue weighted by Crippen LogP contribution is -1.86. The van der Waals surface area contributed by atoms with Crippen molar-refractivity contribution < 1.29 is 4.79 Å². The minimum Gasteiger partial charge on any atom is -0.298 e. The lowest BCUT2D eigenvalue weighted by molar-refractivity contribution is 0.112. The van der Waals surface area contributed by atoms with Gasteiger partial charge < -0.3 is 0 Å². The van der Waals surface area contributed by atoms with Crippen molar-refractivity contribution in [2.45, 2.75) is 0 Å². The van der Waals surface area contributed by atoms with Crippen molar-refractivity contribution in [1.29, 1.82) is 0 Å². The number of halogens is 2. The minimum absolute atomic E-state index is 0.487. The molecule has 0 saturated heterocycles. The Labute approximate surface area is 103 Å². The van der Waals surface area contributed by atoms with Gasteiger partial charge in [-0.2, -0.15) is 0 Å². The van der Waals surface area contributed by atoms with Crippen LogP contribution in [-0.2, 0) is 0 Å². The number of carbonyl (C=O) groups is 1. The second kappa shape index (κ2) is 4.64. The van der Waals surface area contributed by atoms with Crippen LogP contribution >= 0.6 is 23.2 Å². The maximum atomic E-state index is 10.5. The SMILES string of the molecule is O=Cc1ccc(-c2ccc(Cl)c(Cl)c2)nc1. The summed E-state index contributed by atoms with van der Waals surface area (Å²) in [5.74, 6) is 0. The van der Waals surface area contributed by atoms with Crippen LogP contribution in [0.4, 0.5) is 0 Å². The average molecular weight is 252 g/mol. The molecule has 2 nitrogen and oxygen atoms in total. The summed E-state index contributed by atoms with van der Waals surface area (Å²) in [5.41, 5.74) is 2.17. The van der Waals surface area contributed by atoms with Crippen molar-refractivity contribution in [3.05, 3.63) is 52.1 Å². The predicted molar refractivity (Wildman–Crippen MR) is 65.1 cm³/mol. The Bertz CT molecular complexity index is 523. The second-order valence-electron chi connectivity index (χ2n) is 3.22. The van der Waals surface area contributed by atoms with E-state index in [0.717, 1.165) is 17.5 Å². The second-order valence-corrected chi connectivity index (χ2v) is 4.04. The molecule has 1 aromatic heterocycles. The van der Waals surface area contributed by atoms with E-state index in [2.05, 4.69) is 4.98 Å². The van der Waals surface area contributed by atoms with E-state index in [9.17, 15) is 4.79 Å². The van der Waals surface area contributed by atoms with Crippen LogP contribution in [0.5, 0.6) is 0 Å². The van der Waals surface area contributed by atoms with Crippen molar-refractivity contribution in [3.8, 4) is 11.3 Å². The number of nitrogens with zero attached hydrogens (tertiary/aromatic N) is 1. The fourth-order valence-electron chi connectivity index (χ4n) is 1.30. The largest absolute Gasteiger partial charge is 0.298 e. The first-order chi connectivity index (χ1) is 7.70. The fraction of sp³-hybridized carbons (Fsp3) is 0. The molecular formula is C12H7Cl2NO. The van der Waals surface area contributed by atoms with E-state index >= 15 is 0 Å². The molecule has 0 aliphatic heterocycles. The van der Waals surface area contributed by atoms with Gasteiger partial charge in [0.2, 0.25) is 0 Å². The number of benzene rings is 1. The molecule has 16 heavy (non-hydrogen) atoms. The van der Waals surface area contributed by atoms with E-state index in [1.54, 1.807) is 24.3 Å². The van der Waals surface area contributed by atoms with Gasteiger partial charge >= 0.3 is 0 Å². The molecule has 0 unspecified atom stereocenters. The summed E-state index contributed by atoms with van der Waals surface area (Å²) in [6, 6.07) is 8.76. The maximum Gasteiger partial charge on any atom is 0.151 e. The van der Waals surface area contributed by atoms with Crippen molar-refractivity contribution in [2.24, 2.45) is 0 Å². The van der Waals surface area contributed by atoms with E-state index in [0.29, 0.717) is 15.6 Å². The molecule has 1 aromatic carbocycles. The van der Waals surface area contributed by atoms with Gasteiger partial charge in [-0.05, 0) is 24.3 Å². The number of rotatable bonds is 2. The van der Waals surface area contributed by atoms with E-state index in [1.807, 2.05) is 6.07 Å². The molecular weight excluding hydrogens is 245 g/mol. The van der Waals surface area contributed by atoms with Gasteiger partial charge in [0.25, 0.3) is 0 Å². The standard InChI is InChI=1S/C12H7Cl2NO/c13-10-3-2-9(5-11(10)14)12-4-1-8(7-16)6-15-12/h1-7H. The molecule has 2 rings (SSSR count). The number of aldehydes is 1. The Kier molecular flexibility index (Phi) is 3.22. The Hall–Kier alpha value is -1.38. The zero-order valence-corrected chi connectivity index (χ0v) is 9.66. The normalized spacial score (nSPS) is 10.1. The Morgan fingerprint density at radius 1 is 1.06 bits per heavy atom. The zero-order chi connectivity index (χ0) is 11.5. The third kappa shape index (κ3) is 2.23. The van der Waals surface area contributed by atoms with Gasteiger partial charge in [-0.15, -0.1) is 0 Å². The van der Waals surface area contributed by atoms with Gasteiger partial charge in [0, 0.05) is 17.3 Å². The lowest BCUT2D eigenvalue weighted by atomic mass is 10.1. The average Bonchev–Trinajstić information content (AvgIpc) is 2.33.